The summed E-state index contributed by atoms with van der Waals surface area (Å²) in [6.07, 6.45) is -2.96. The number of thiazole rings is 1. The van der Waals surface area contributed by atoms with Crippen molar-refractivity contribution in [2.24, 2.45) is 4.99 Å². The second-order valence-corrected chi connectivity index (χ2v) is 12.0. The van der Waals surface area contributed by atoms with Crippen molar-refractivity contribution in [2.45, 2.75) is 38.9 Å². The number of alkyl halides is 3. The van der Waals surface area contributed by atoms with Gasteiger partial charge in [-0.1, -0.05) is 91.9 Å². The van der Waals surface area contributed by atoms with Crippen molar-refractivity contribution in [2.75, 3.05) is 6.61 Å². The van der Waals surface area contributed by atoms with Crippen molar-refractivity contribution in [1.82, 2.24) is 4.57 Å². The normalized spacial score (nSPS) is 15.2. The summed E-state index contributed by atoms with van der Waals surface area (Å²) in [4.78, 5) is 33.0. The molecule has 1 atom stereocenters. The molecule has 0 fully saturated rings. The number of nitrogens with zero attached hydrogens (tertiary/aromatic N) is 2. The minimum Gasteiger partial charge on any atom is -0.463 e. The van der Waals surface area contributed by atoms with Gasteiger partial charge in [-0.3, -0.25) is 9.36 Å². The van der Waals surface area contributed by atoms with Crippen LogP contribution in [0.5, 0.6) is 0 Å². The number of ether oxygens (including phenoxy) is 1. The van der Waals surface area contributed by atoms with Crippen LogP contribution in [-0.4, -0.2) is 17.1 Å². The van der Waals surface area contributed by atoms with Gasteiger partial charge >= 0.3 is 12.1 Å². The minimum atomic E-state index is -4.49. The van der Waals surface area contributed by atoms with Gasteiger partial charge < -0.3 is 9.15 Å². The topological polar surface area (TPSA) is 73.8 Å². The molecule has 0 spiro atoms. The lowest BCUT2D eigenvalue weighted by Crippen LogP contribution is -2.40. The van der Waals surface area contributed by atoms with Crippen LogP contribution in [0.3, 0.4) is 0 Å². The Morgan fingerprint density at radius 3 is 2.39 bits per heavy atom. The fourth-order valence-electron chi connectivity index (χ4n) is 5.38. The maximum atomic E-state index is 14.1. The molecule has 0 aliphatic carbocycles. The summed E-state index contributed by atoms with van der Waals surface area (Å²) in [5.74, 6) is 0.215. The molecule has 3 aromatic carbocycles. The summed E-state index contributed by atoms with van der Waals surface area (Å²) in [5.41, 5.74) is 2.25. The number of esters is 1. The fourth-order valence-corrected chi connectivity index (χ4v) is 6.36. The van der Waals surface area contributed by atoms with Gasteiger partial charge in [-0.2, -0.15) is 13.2 Å². The van der Waals surface area contributed by atoms with Crippen molar-refractivity contribution in [3.8, 4) is 11.3 Å². The number of hydrogen-bond acceptors (Lipinski definition) is 6. The first-order valence-corrected chi connectivity index (χ1v) is 15.5. The molecule has 6 rings (SSSR count). The average Bonchev–Trinajstić information content (AvgIpc) is 3.64. The van der Waals surface area contributed by atoms with Crippen LogP contribution in [-0.2, 0) is 15.7 Å². The molecule has 0 radical (unpaired) electrons. The number of rotatable bonds is 7. The Balaban J connectivity index is 1.52. The third kappa shape index (κ3) is 6.00. The van der Waals surface area contributed by atoms with Gasteiger partial charge in [0.2, 0.25) is 0 Å². The predicted octanol–water partition coefficient (Wildman–Crippen LogP) is 7.34. The highest BCUT2D eigenvalue weighted by Crippen LogP contribution is 2.36. The lowest BCUT2D eigenvalue weighted by Gasteiger charge is -2.26. The summed E-state index contributed by atoms with van der Waals surface area (Å²) in [5, 5.41) is 0. The zero-order valence-corrected chi connectivity index (χ0v) is 26.0. The van der Waals surface area contributed by atoms with E-state index >= 15 is 0 Å². The molecule has 1 aliphatic heterocycles. The van der Waals surface area contributed by atoms with E-state index in [1.165, 1.54) is 22.8 Å². The largest absolute Gasteiger partial charge is 0.463 e. The van der Waals surface area contributed by atoms with Crippen molar-refractivity contribution in [3.05, 3.63) is 144 Å². The van der Waals surface area contributed by atoms with E-state index in [4.69, 9.17) is 14.1 Å². The van der Waals surface area contributed by atoms with E-state index in [9.17, 15) is 22.8 Å². The van der Waals surface area contributed by atoms with Crippen LogP contribution in [0.15, 0.2) is 111 Å². The Morgan fingerprint density at radius 2 is 1.72 bits per heavy atom. The Kier molecular flexibility index (Phi) is 8.39. The SMILES string of the molecule is CCOC(=O)C1=C(c2ccccc2)N=c2s/c(=C\c3ccc(-c4cccc(C(F)(F)F)c4)o3)c(=O)n2[C@H]1c1ccc(C(C)C)cc1. The molecule has 6 nitrogen and oxygen atoms in total. The van der Waals surface area contributed by atoms with Crippen LogP contribution in [0.1, 0.15) is 60.7 Å². The van der Waals surface area contributed by atoms with E-state index < -0.39 is 29.3 Å². The molecular weight excluding hydrogens is 613 g/mol. The second-order valence-electron chi connectivity index (χ2n) is 11.0. The Labute approximate surface area is 266 Å². The molecule has 0 saturated heterocycles. The first-order chi connectivity index (χ1) is 22.0. The first kappa shape index (κ1) is 31.0. The van der Waals surface area contributed by atoms with Crippen LogP contribution >= 0.6 is 11.3 Å². The van der Waals surface area contributed by atoms with E-state index in [2.05, 4.69) is 13.8 Å². The van der Waals surface area contributed by atoms with Crippen LogP contribution in [0.4, 0.5) is 13.2 Å². The van der Waals surface area contributed by atoms with E-state index in [0.717, 1.165) is 29.0 Å². The third-order valence-corrected chi connectivity index (χ3v) is 8.65. The molecule has 10 heteroatoms. The smallest absolute Gasteiger partial charge is 0.416 e. The molecule has 0 unspecified atom stereocenters. The summed E-state index contributed by atoms with van der Waals surface area (Å²) < 4.78 is 53.0. The number of carbonyl (C=O) groups is 1. The van der Waals surface area contributed by atoms with E-state index in [1.54, 1.807) is 19.1 Å². The number of benzene rings is 3. The summed E-state index contributed by atoms with van der Waals surface area (Å²) in [6, 6.07) is 24.2. The molecule has 5 aromatic rings. The highest BCUT2D eigenvalue weighted by atomic mass is 32.1. The van der Waals surface area contributed by atoms with Crippen LogP contribution < -0.4 is 14.9 Å². The van der Waals surface area contributed by atoms with Crippen molar-refractivity contribution >= 4 is 29.1 Å². The number of halogens is 3. The van der Waals surface area contributed by atoms with Crippen molar-refractivity contribution in [3.63, 3.8) is 0 Å². The average molecular weight is 643 g/mol. The molecule has 3 heterocycles. The molecule has 234 valence electrons. The molecular formula is C36H29F3N2O4S. The van der Waals surface area contributed by atoms with Crippen LogP contribution in [0, 0.1) is 0 Å². The van der Waals surface area contributed by atoms with E-state index in [-0.39, 0.29) is 39.7 Å². The van der Waals surface area contributed by atoms with Gasteiger partial charge in [0.1, 0.15) is 11.5 Å². The number of aromatic nitrogens is 1. The standard InChI is InChI=1S/C36H29F3N2O4S/c1-4-44-34(43)30-31(23-9-6-5-7-10-23)40-35-41(32(30)24-15-13-22(14-16-24)21(2)3)33(42)29(46-35)20-27-17-18-28(45-27)25-11-8-12-26(19-25)36(37,38)39/h5-21,32H,4H2,1-3H3/b29-20-/t32-/m0/s1. The lowest BCUT2D eigenvalue weighted by atomic mass is 9.91. The van der Waals surface area contributed by atoms with Crippen LogP contribution in [0.2, 0.25) is 0 Å². The molecule has 46 heavy (non-hydrogen) atoms. The van der Waals surface area contributed by atoms with Crippen molar-refractivity contribution in [1.29, 1.82) is 0 Å². The quantitative estimate of drug-likeness (QED) is 0.174. The fraction of sp³-hybridized carbons (Fsp3) is 0.194. The zero-order valence-electron chi connectivity index (χ0n) is 25.2. The summed E-state index contributed by atoms with van der Waals surface area (Å²) in [6.45, 7) is 6.03. The Bertz CT molecular complexity index is 2120. The van der Waals surface area contributed by atoms with Gasteiger partial charge in [0.05, 0.1) is 34.0 Å². The highest BCUT2D eigenvalue weighted by Gasteiger charge is 2.35. The Morgan fingerprint density at radius 1 is 1.00 bits per heavy atom. The highest BCUT2D eigenvalue weighted by molar-refractivity contribution is 7.07. The molecule has 1 aliphatic rings. The zero-order chi connectivity index (χ0) is 32.6. The molecule has 0 bridgehead atoms. The number of furan rings is 1. The van der Waals surface area contributed by atoms with Gasteiger partial charge in [0, 0.05) is 17.2 Å². The van der Waals surface area contributed by atoms with Gasteiger partial charge in [0.25, 0.3) is 5.56 Å². The maximum Gasteiger partial charge on any atom is 0.416 e. The van der Waals surface area contributed by atoms with Crippen molar-refractivity contribution < 1.29 is 27.1 Å². The minimum absolute atomic E-state index is 0.139. The first-order valence-electron chi connectivity index (χ1n) is 14.7. The molecule has 2 aromatic heterocycles. The number of fused-ring (bicyclic) bond motifs is 1. The second kappa shape index (κ2) is 12.4. The van der Waals surface area contributed by atoms with E-state index in [0.29, 0.717) is 21.6 Å². The summed E-state index contributed by atoms with van der Waals surface area (Å²) >= 11 is 1.13. The summed E-state index contributed by atoms with van der Waals surface area (Å²) in [7, 11) is 0. The Hall–Kier alpha value is -4.96. The van der Waals surface area contributed by atoms with E-state index in [1.807, 2.05) is 54.6 Å². The number of carbonyl (C=O) groups excluding carboxylic acids is 1. The molecule has 0 amide bonds. The van der Waals surface area contributed by atoms with Gasteiger partial charge in [-0.25, -0.2) is 9.79 Å². The van der Waals surface area contributed by atoms with Gasteiger partial charge in [-0.15, -0.1) is 0 Å². The predicted molar refractivity (Wildman–Crippen MR) is 171 cm³/mol. The maximum absolute atomic E-state index is 14.1. The van der Waals surface area contributed by atoms with Crippen LogP contribution in [0.25, 0.3) is 23.1 Å². The number of hydrogen-bond donors (Lipinski definition) is 0. The monoisotopic (exact) mass is 642 g/mol. The molecule has 0 N–H and O–H groups in total. The van der Waals surface area contributed by atoms with Gasteiger partial charge in [-0.05, 0) is 48.2 Å². The lowest BCUT2D eigenvalue weighted by molar-refractivity contribution is -0.139. The molecule has 0 saturated carbocycles. The van der Waals surface area contributed by atoms with Gasteiger partial charge in [0.15, 0.2) is 4.80 Å². The third-order valence-electron chi connectivity index (χ3n) is 7.67.